The van der Waals surface area contributed by atoms with Gasteiger partial charge in [0.05, 0.1) is 0 Å². The van der Waals surface area contributed by atoms with E-state index < -0.39 is 59.6 Å². The topological polar surface area (TPSA) is 246 Å². The van der Waals surface area contributed by atoms with Gasteiger partial charge in [-0.05, 0) is 50.4 Å². The molecule has 0 radical (unpaired) electrons. The molecule has 0 bridgehead atoms. The SMILES string of the molecule is CC(=O)N[C@H](C(=O)N[C@H](C(=O)O)C(C)C)C(C)C.CC(=O)N[C@H](C(=O)N[C@H](C(=O)OC(C)(C)C)C(C)C)C(C)C.CC(=O)N[C@H](C(=O)O)C(C)C. The van der Waals surface area contributed by atoms with E-state index in [0.717, 1.165) is 0 Å². The van der Waals surface area contributed by atoms with Gasteiger partial charge in [0.2, 0.25) is 29.5 Å². The standard InChI is InChI=1S/C16H30N2O4.C12H22N2O4.C7H13NO3/c1-9(2)12(17-11(5)19)14(20)18-13(10(3)4)15(21)22-16(6,7)8;1-6(2)9(13-8(5)15)11(16)14-10(7(3)4)12(17)18;1-4(2)6(7(10)11)8-5(3)9/h9-10,12-13H,1-8H3,(H,17,19)(H,18,20);6-7,9-10H,1-5H3,(H,13,15)(H,14,16)(H,17,18);4,6H,1-3H3,(H,8,9)(H,10,11)/t12-,13-;9-,10-;6-/m000/s1. The van der Waals surface area contributed by atoms with Crippen molar-refractivity contribution in [1.29, 1.82) is 0 Å². The summed E-state index contributed by atoms with van der Waals surface area (Å²) in [6.07, 6.45) is 0. The van der Waals surface area contributed by atoms with E-state index in [1.54, 1.807) is 62.3 Å². The van der Waals surface area contributed by atoms with Crippen molar-refractivity contribution in [2.45, 2.75) is 147 Å². The Kier molecular flexibility index (Phi) is 24.1. The van der Waals surface area contributed by atoms with Crippen molar-refractivity contribution >= 4 is 47.4 Å². The Balaban J connectivity index is -0.000000715. The lowest BCUT2D eigenvalue weighted by atomic mass is 10.00. The highest BCUT2D eigenvalue weighted by Crippen LogP contribution is 2.13. The van der Waals surface area contributed by atoms with Gasteiger partial charge in [0.15, 0.2) is 0 Å². The molecule has 0 heterocycles. The number of rotatable bonds is 15. The first-order chi connectivity index (χ1) is 23.0. The number of amides is 5. The van der Waals surface area contributed by atoms with Crippen molar-refractivity contribution in [3.63, 3.8) is 0 Å². The number of carbonyl (C=O) groups is 8. The number of ether oxygens (including phenoxy) is 1. The molecule has 0 rings (SSSR count). The Hall–Kier alpha value is -4.24. The van der Waals surface area contributed by atoms with Gasteiger partial charge in [-0.2, -0.15) is 0 Å². The number of hydrogen-bond donors (Lipinski definition) is 7. The number of carboxylic acids is 2. The van der Waals surface area contributed by atoms with Crippen LogP contribution >= 0.6 is 0 Å². The summed E-state index contributed by atoms with van der Waals surface area (Å²) in [5.74, 6) is -4.95. The molecule has 0 unspecified atom stereocenters. The Morgan fingerprint density at radius 3 is 0.863 bits per heavy atom. The second kappa shape index (κ2) is 24.0. The molecule has 0 aromatic rings. The van der Waals surface area contributed by atoms with E-state index in [-0.39, 0.29) is 53.2 Å². The highest BCUT2D eigenvalue weighted by atomic mass is 16.6. The zero-order chi connectivity index (χ0) is 41.1. The molecule has 7 N–H and O–H groups in total. The highest BCUT2D eigenvalue weighted by Gasteiger charge is 2.33. The predicted molar refractivity (Wildman–Crippen MR) is 192 cm³/mol. The number of aliphatic carboxylic acids is 2. The smallest absolute Gasteiger partial charge is 0.329 e. The summed E-state index contributed by atoms with van der Waals surface area (Å²) in [7, 11) is 0. The van der Waals surface area contributed by atoms with E-state index >= 15 is 0 Å². The molecule has 296 valence electrons. The maximum atomic E-state index is 12.4. The first-order valence-electron chi connectivity index (χ1n) is 17.1. The van der Waals surface area contributed by atoms with Crippen LogP contribution in [0, 0.1) is 29.6 Å². The summed E-state index contributed by atoms with van der Waals surface area (Å²) in [5, 5.41) is 30.2. The molecule has 0 aliphatic carbocycles. The Bertz CT molecular complexity index is 1180. The molecule has 0 saturated carbocycles. The number of carbonyl (C=O) groups excluding carboxylic acids is 6. The first kappa shape index (κ1) is 51.1. The maximum Gasteiger partial charge on any atom is 0.329 e. The predicted octanol–water partition coefficient (Wildman–Crippen LogP) is 2.23. The van der Waals surface area contributed by atoms with Crippen LogP contribution in [0.15, 0.2) is 0 Å². The number of carboxylic acid groups (broad SMARTS) is 2. The van der Waals surface area contributed by atoms with Crippen LogP contribution in [0.4, 0.5) is 0 Å². The molecule has 0 aromatic heterocycles. The van der Waals surface area contributed by atoms with Crippen molar-refractivity contribution in [3.05, 3.63) is 0 Å². The first-order valence-corrected chi connectivity index (χ1v) is 17.1. The molecule has 0 aliphatic heterocycles. The molecule has 16 nitrogen and oxygen atoms in total. The van der Waals surface area contributed by atoms with Crippen molar-refractivity contribution in [2.75, 3.05) is 0 Å². The molecule has 0 aliphatic rings. The Morgan fingerprint density at radius 2 is 0.667 bits per heavy atom. The van der Waals surface area contributed by atoms with Crippen LogP contribution in [0.3, 0.4) is 0 Å². The average Bonchev–Trinajstić information content (AvgIpc) is 2.92. The largest absolute Gasteiger partial charge is 0.480 e. The van der Waals surface area contributed by atoms with Crippen LogP contribution in [-0.2, 0) is 43.1 Å². The summed E-state index contributed by atoms with van der Waals surface area (Å²) in [4.78, 5) is 90.7. The van der Waals surface area contributed by atoms with E-state index in [1.165, 1.54) is 20.8 Å². The lowest BCUT2D eigenvalue weighted by Crippen LogP contribution is -2.55. The summed E-state index contributed by atoms with van der Waals surface area (Å²) in [5.41, 5.74) is -0.621. The fraction of sp³-hybridized carbons (Fsp3) is 0.771. The second-order valence-corrected chi connectivity index (χ2v) is 14.9. The molecule has 0 aromatic carbocycles. The van der Waals surface area contributed by atoms with Gasteiger partial charge in [-0.1, -0.05) is 69.2 Å². The molecule has 16 heteroatoms. The van der Waals surface area contributed by atoms with E-state index in [4.69, 9.17) is 14.9 Å². The van der Waals surface area contributed by atoms with Gasteiger partial charge >= 0.3 is 17.9 Å². The van der Waals surface area contributed by atoms with Gasteiger partial charge in [-0.25, -0.2) is 14.4 Å². The number of nitrogens with one attached hydrogen (secondary N) is 5. The summed E-state index contributed by atoms with van der Waals surface area (Å²) in [6.45, 7) is 27.1. The van der Waals surface area contributed by atoms with Crippen LogP contribution in [-0.4, -0.2) is 93.5 Å². The zero-order valence-electron chi connectivity index (χ0n) is 33.3. The van der Waals surface area contributed by atoms with Crippen molar-refractivity contribution in [3.8, 4) is 0 Å². The van der Waals surface area contributed by atoms with Crippen molar-refractivity contribution < 1.29 is 53.3 Å². The molecule has 5 atom stereocenters. The molecule has 0 saturated heterocycles. The van der Waals surface area contributed by atoms with Gasteiger partial charge < -0.3 is 41.5 Å². The monoisotopic (exact) mass is 731 g/mol. The zero-order valence-corrected chi connectivity index (χ0v) is 33.3. The summed E-state index contributed by atoms with van der Waals surface area (Å²) in [6, 6.07) is -3.87. The summed E-state index contributed by atoms with van der Waals surface area (Å²) >= 11 is 0. The molecule has 51 heavy (non-hydrogen) atoms. The highest BCUT2D eigenvalue weighted by molar-refractivity contribution is 5.91. The lowest BCUT2D eigenvalue weighted by Gasteiger charge is -2.29. The van der Waals surface area contributed by atoms with E-state index in [9.17, 15) is 38.4 Å². The maximum absolute atomic E-state index is 12.4. The fourth-order valence-electron chi connectivity index (χ4n) is 4.10. The Labute approximate surface area is 303 Å². The van der Waals surface area contributed by atoms with E-state index in [1.807, 2.05) is 27.7 Å². The minimum atomic E-state index is -1.08. The third kappa shape index (κ3) is 23.7. The van der Waals surface area contributed by atoms with Crippen LogP contribution in [0.2, 0.25) is 0 Å². The fourth-order valence-corrected chi connectivity index (χ4v) is 4.10. The van der Waals surface area contributed by atoms with E-state index in [0.29, 0.717) is 0 Å². The molecular formula is C35H65N5O11. The minimum Gasteiger partial charge on any atom is -0.480 e. The second-order valence-electron chi connectivity index (χ2n) is 14.9. The van der Waals surface area contributed by atoms with Crippen LogP contribution in [0.25, 0.3) is 0 Å². The van der Waals surface area contributed by atoms with Gasteiger partial charge in [0, 0.05) is 20.8 Å². The average molecular weight is 732 g/mol. The molecule has 5 amide bonds. The Morgan fingerprint density at radius 1 is 0.431 bits per heavy atom. The van der Waals surface area contributed by atoms with E-state index in [2.05, 4.69) is 26.6 Å². The van der Waals surface area contributed by atoms with Crippen LogP contribution in [0.5, 0.6) is 0 Å². The molecule has 0 fully saturated rings. The van der Waals surface area contributed by atoms with Crippen LogP contribution < -0.4 is 26.6 Å². The van der Waals surface area contributed by atoms with Crippen molar-refractivity contribution in [1.82, 2.24) is 26.6 Å². The lowest BCUT2D eigenvalue weighted by molar-refractivity contribution is -0.160. The van der Waals surface area contributed by atoms with Gasteiger partial charge in [-0.15, -0.1) is 0 Å². The number of hydrogen-bond acceptors (Lipinski definition) is 9. The minimum absolute atomic E-state index is 0.0867. The summed E-state index contributed by atoms with van der Waals surface area (Å²) < 4.78 is 5.34. The molecular weight excluding hydrogens is 666 g/mol. The van der Waals surface area contributed by atoms with Gasteiger partial charge in [-0.3, -0.25) is 24.0 Å². The normalized spacial score (nSPS) is 14.0. The quantitative estimate of drug-likeness (QED) is 0.120. The van der Waals surface area contributed by atoms with Gasteiger partial charge in [0.25, 0.3) is 0 Å². The molecule has 0 spiro atoms. The third-order valence-electron chi connectivity index (χ3n) is 6.76. The van der Waals surface area contributed by atoms with Crippen molar-refractivity contribution in [2.24, 2.45) is 29.6 Å². The van der Waals surface area contributed by atoms with Gasteiger partial charge in [0.1, 0.15) is 35.8 Å². The van der Waals surface area contributed by atoms with Crippen LogP contribution in [0.1, 0.15) is 111 Å². The number of esters is 1. The third-order valence-corrected chi connectivity index (χ3v) is 6.76.